The van der Waals surface area contributed by atoms with Crippen molar-refractivity contribution in [1.29, 1.82) is 5.26 Å². The van der Waals surface area contributed by atoms with Gasteiger partial charge in [0.25, 0.3) is 0 Å². The number of benzene rings is 1. The molecular weight excluding hydrogens is 310 g/mol. The maximum absolute atomic E-state index is 12.5. The number of nitriles is 1. The minimum atomic E-state index is -3.45. The molecule has 0 amide bonds. The van der Waals surface area contributed by atoms with Crippen molar-refractivity contribution in [2.45, 2.75) is 11.8 Å². The van der Waals surface area contributed by atoms with E-state index in [0.717, 1.165) is 0 Å². The van der Waals surface area contributed by atoms with E-state index in [1.807, 2.05) is 6.92 Å². The van der Waals surface area contributed by atoms with Gasteiger partial charge in [-0.05, 0) is 31.2 Å². The summed E-state index contributed by atoms with van der Waals surface area (Å²) in [5.74, 6) is -0.0376. The number of piperazine rings is 1. The molecule has 7 heteroatoms. The van der Waals surface area contributed by atoms with E-state index in [0.29, 0.717) is 37.7 Å². The number of sulfonamides is 1. The Kier molecular flexibility index (Phi) is 5.22. The lowest BCUT2D eigenvalue weighted by Crippen LogP contribution is -2.49. The lowest BCUT2D eigenvalue weighted by Gasteiger charge is -2.34. The smallest absolute Gasteiger partial charge is 0.243 e. The maximum atomic E-state index is 12.5. The van der Waals surface area contributed by atoms with E-state index in [4.69, 9.17) is 16.9 Å². The third-order valence-electron chi connectivity index (χ3n) is 3.54. The molecule has 0 radical (unpaired) electrons. The molecule has 0 spiro atoms. The molecule has 1 aliphatic heterocycles. The van der Waals surface area contributed by atoms with Crippen LogP contribution in [0.3, 0.4) is 0 Å². The minimum absolute atomic E-state index is 0.0376. The van der Waals surface area contributed by atoms with Gasteiger partial charge in [0.1, 0.15) is 0 Å². The average molecular weight is 328 g/mol. The summed E-state index contributed by atoms with van der Waals surface area (Å²) in [5.41, 5.74) is 0. The van der Waals surface area contributed by atoms with Crippen LogP contribution in [0.1, 0.15) is 6.92 Å². The predicted molar refractivity (Wildman–Crippen MR) is 81.4 cm³/mol. The zero-order valence-electron chi connectivity index (χ0n) is 11.9. The lowest BCUT2D eigenvalue weighted by molar-refractivity contribution is 0.178. The highest BCUT2D eigenvalue weighted by Crippen LogP contribution is 2.20. The summed E-state index contributed by atoms with van der Waals surface area (Å²) in [7, 11) is -3.45. The van der Waals surface area contributed by atoms with Crippen molar-refractivity contribution in [3.63, 3.8) is 0 Å². The van der Waals surface area contributed by atoms with Crippen LogP contribution in [-0.2, 0) is 10.0 Å². The Hall–Kier alpha value is -1.13. The molecule has 114 valence electrons. The van der Waals surface area contributed by atoms with Crippen molar-refractivity contribution in [3.8, 4) is 6.07 Å². The van der Waals surface area contributed by atoms with Crippen LogP contribution >= 0.6 is 11.6 Å². The molecule has 1 aliphatic rings. The molecule has 21 heavy (non-hydrogen) atoms. The summed E-state index contributed by atoms with van der Waals surface area (Å²) in [4.78, 5) is 2.40. The summed E-state index contributed by atoms with van der Waals surface area (Å²) in [6.45, 7) is 4.76. The van der Waals surface area contributed by atoms with Gasteiger partial charge in [-0.25, -0.2) is 8.42 Å². The van der Waals surface area contributed by atoms with Crippen LogP contribution in [-0.4, -0.2) is 50.3 Å². The predicted octanol–water partition coefficient (Wildman–Crippen LogP) is 1.81. The van der Waals surface area contributed by atoms with Crippen molar-refractivity contribution in [1.82, 2.24) is 9.21 Å². The van der Waals surface area contributed by atoms with Gasteiger partial charge < -0.3 is 0 Å². The molecular formula is C14H18ClN3O2S. The first kappa shape index (κ1) is 16.2. The molecule has 0 N–H and O–H groups in total. The molecule has 0 aromatic heterocycles. The first-order chi connectivity index (χ1) is 9.93. The number of hydrogen-bond acceptors (Lipinski definition) is 4. The molecule has 1 saturated heterocycles. The molecule has 2 rings (SSSR count). The Morgan fingerprint density at radius 2 is 1.81 bits per heavy atom. The topological polar surface area (TPSA) is 64.4 Å². The molecule has 1 fully saturated rings. The fourth-order valence-electron chi connectivity index (χ4n) is 2.34. The second-order valence-corrected chi connectivity index (χ2v) is 7.56. The van der Waals surface area contributed by atoms with Crippen molar-refractivity contribution >= 4 is 21.6 Å². The maximum Gasteiger partial charge on any atom is 0.243 e. The quantitative estimate of drug-likeness (QED) is 0.846. The normalized spacial score (nSPS) is 19.1. The van der Waals surface area contributed by atoms with Crippen molar-refractivity contribution in [3.05, 3.63) is 29.3 Å². The highest BCUT2D eigenvalue weighted by molar-refractivity contribution is 7.89. The zero-order valence-corrected chi connectivity index (χ0v) is 13.4. The average Bonchev–Trinajstić information content (AvgIpc) is 2.48. The van der Waals surface area contributed by atoms with Gasteiger partial charge in [-0.1, -0.05) is 11.6 Å². The van der Waals surface area contributed by atoms with Gasteiger partial charge in [-0.15, -0.1) is 0 Å². The summed E-state index contributed by atoms with van der Waals surface area (Å²) >= 11 is 5.79. The van der Waals surface area contributed by atoms with Crippen LogP contribution in [0.5, 0.6) is 0 Å². The first-order valence-corrected chi connectivity index (χ1v) is 8.63. The van der Waals surface area contributed by atoms with E-state index in [-0.39, 0.29) is 10.8 Å². The van der Waals surface area contributed by atoms with Gasteiger partial charge in [0.2, 0.25) is 10.0 Å². The van der Waals surface area contributed by atoms with Gasteiger partial charge in [-0.3, -0.25) is 4.90 Å². The molecule has 0 unspecified atom stereocenters. The second kappa shape index (κ2) is 6.75. The zero-order chi connectivity index (χ0) is 15.5. The Morgan fingerprint density at radius 1 is 1.24 bits per heavy atom. The van der Waals surface area contributed by atoms with Crippen LogP contribution in [0.4, 0.5) is 0 Å². The van der Waals surface area contributed by atoms with Crippen LogP contribution in [0.25, 0.3) is 0 Å². The SMILES string of the molecule is C[C@@H](C#N)CN1CCN(S(=O)(=O)c2ccc(Cl)cc2)CC1. The number of nitrogens with zero attached hydrogens (tertiary/aromatic N) is 3. The van der Waals surface area contributed by atoms with Gasteiger partial charge in [0, 0.05) is 37.7 Å². The number of hydrogen-bond donors (Lipinski definition) is 0. The van der Waals surface area contributed by atoms with Crippen LogP contribution in [0.2, 0.25) is 5.02 Å². The van der Waals surface area contributed by atoms with E-state index < -0.39 is 10.0 Å². The van der Waals surface area contributed by atoms with E-state index >= 15 is 0 Å². The van der Waals surface area contributed by atoms with Crippen LogP contribution < -0.4 is 0 Å². The summed E-state index contributed by atoms with van der Waals surface area (Å²) in [6, 6.07) is 8.42. The Morgan fingerprint density at radius 3 is 2.33 bits per heavy atom. The molecule has 1 aromatic carbocycles. The van der Waals surface area contributed by atoms with Crippen molar-refractivity contribution in [2.75, 3.05) is 32.7 Å². The molecule has 5 nitrogen and oxygen atoms in total. The third kappa shape index (κ3) is 3.95. The first-order valence-electron chi connectivity index (χ1n) is 6.81. The van der Waals surface area contributed by atoms with E-state index in [1.54, 1.807) is 12.1 Å². The largest absolute Gasteiger partial charge is 0.299 e. The highest BCUT2D eigenvalue weighted by atomic mass is 35.5. The van der Waals surface area contributed by atoms with Gasteiger partial charge in [0.15, 0.2) is 0 Å². The monoisotopic (exact) mass is 327 g/mol. The molecule has 0 bridgehead atoms. The van der Waals surface area contributed by atoms with Crippen LogP contribution in [0, 0.1) is 17.2 Å². The Balaban J connectivity index is 2.01. The van der Waals surface area contributed by atoms with Gasteiger partial charge in [-0.2, -0.15) is 9.57 Å². The number of rotatable bonds is 4. The molecule has 1 heterocycles. The van der Waals surface area contributed by atoms with Gasteiger partial charge in [0.05, 0.1) is 16.9 Å². The van der Waals surface area contributed by atoms with E-state index in [1.165, 1.54) is 16.4 Å². The fraction of sp³-hybridized carbons (Fsp3) is 0.500. The molecule has 1 aromatic rings. The summed E-state index contributed by atoms with van der Waals surface area (Å²) in [5, 5.41) is 9.34. The van der Waals surface area contributed by atoms with Gasteiger partial charge >= 0.3 is 0 Å². The standard InChI is InChI=1S/C14H18ClN3O2S/c1-12(10-16)11-17-6-8-18(9-7-17)21(19,20)14-4-2-13(15)3-5-14/h2-5,12H,6-9,11H2,1H3/t12-/m0/s1. The molecule has 0 aliphatic carbocycles. The lowest BCUT2D eigenvalue weighted by atomic mass is 10.2. The van der Waals surface area contributed by atoms with Crippen molar-refractivity contribution < 1.29 is 8.42 Å². The molecule has 0 saturated carbocycles. The van der Waals surface area contributed by atoms with E-state index in [2.05, 4.69) is 11.0 Å². The van der Waals surface area contributed by atoms with Crippen molar-refractivity contribution in [2.24, 2.45) is 5.92 Å². The summed E-state index contributed by atoms with van der Waals surface area (Å²) < 4.78 is 26.5. The number of halogens is 1. The Bertz CT molecular complexity index is 617. The third-order valence-corrected chi connectivity index (χ3v) is 5.70. The molecule has 1 atom stereocenters. The van der Waals surface area contributed by atoms with Crippen LogP contribution in [0.15, 0.2) is 29.2 Å². The van der Waals surface area contributed by atoms with E-state index in [9.17, 15) is 8.42 Å². The Labute approximate surface area is 130 Å². The fourth-order valence-corrected chi connectivity index (χ4v) is 3.88. The summed E-state index contributed by atoms with van der Waals surface area (Å²) in [6.07, 6.45) is 0. The highest BCUT2D eigenvalue weighted by Gasteiger charge is 2.28. The second-order valence-electron chi connectivity index (χ2n) is 5.19. The minimum Gasteiger partial charge on any atom is -0.299 e.